The molecule has 7 nitrogen and oxygen atoms in total. The van der Waals surface area contributed by atoms with Crippen molar-refractivity contribution in [1.82, 2.24) is 5.32 Å². The first kappa shape index (κ1) is 24.9. The van der Waals surface area contributed by atoms with Crippen LogP contribution >= 0.6 is 0 Å². The number of rotatable bonds is 13. The van der Waals surface area contributed by atoms with Crippen LogP contribution in [0.1, 0.15) is 68.8 Å². The van der Waals surface area contributed by atoms with Gasteiger partial charge in [-0.05, 0) is 30.7 Å². The number of amides is 2. The second kappa shape index (κ2) is 12.4. The number of primary amides is 1. The smallest absolute Gasteiger partial charge is 0.426 e. The van der Waals surface area contributed by atoms with Gasteiger partial charge in [0, 0.05) is 18.4 Å². The van der Waals surface area contributed by atoms with Gasteiger partial charge in [0.25, 0.3) is 0 Å². The predicted octanol–water partition coefficient (Wildman–Crippen LogP) is 1.64. The molecular formula is C21H33BN2O5. The lowest BCUT2D eigenvalue weighted by atomic mass is 9.74. The van der Waals surface area contributed by atoms with Gasteiger partial charge in [0.2, 0.25) is 11.8 Å². The maximum absolute atomic E-state index is 12.6. The molecule has 0 aromatic heterocycles. The van der Waals surface area contributed by atoms with E-state index in [-0.39, 0.29) is 24.5 Å². The summed E-state index contributed by atoms with van der Waals surface area (Å²) < 4.78 is 0. The normalized spacial score (nSPS) is 13.0. The molecule has 8 heteroatoms. The number of nitrogens with two attached hydrogens (primary N) is 1. The third-order valence-corrected chi connectivity index (χ3v) is 4.76. The minimum atomic E-state index is -1.73. The van der Waals surface area contributed by atoms with Crippen molar-refractivity contribution >= 4 is 24.7 Å². The largest absolute Gasteiger partial charge is 0.475 e. The number of unbranched alkanes of at least 4 members (excludes halogenated alkanes) is 1. The minimum Gasteiger partial charge on any atom is -0.426 e. The Labute approximate surface area is 173 Å². The van der Waals surface area contributed by atoms with Crippen molar-refractivity contribution in [2.75, 3.05) is 0 Å². The topological polar surface area (TPSA) is 130 Å². The lowest BCUT2D eigenvalue weighted by Crippen LogP contribution is -2.49. The van der Waals surface area contributed by atoms with Gasteiger partial charge in [0.1, 0.15) is 0 Å². The van der Waals surface area contributed by atoms with Gasteiger partial charge in [-0.3, -0.25) is 14.4 Å². The quantitative estimate of drug-likeness (QED) is 0.293. The fourth-order valence-electron chi connectivity index (χ4n) is 3.14. The van der Waals surface area contributed by atoms with Crippen LogP contribution < -0.4 is 11.1 Å². The van der Waals surface area contributed by atoms with Gasteiger partial charge in [0.05, 0.1) is 11.9 Å². The fraction of sp³-hybridized carbons (Fsp3) is 0.571. The first-order valence-electron chi connectivity index (χ1n) is 10.2. The molecule has 1 aromatic carbocycles. The number of carbonyl (C=O) groups excluding carboxylic acids is 3. The summed E-state index contributed by atoms with van der Waals surface area (Å²) in [6, 6.07) is 7.25. The molecule has 0 aliphatic rings. The molecule has 0 saturated heterocycles. The first-order valence-corrected chi connectivity index (χ1v) is 10.2. The van der Waals surface area contributed by atoms with Crippen LogP contribution in [0.3, 0.4) is 0 Å². The monoisotopic (exact) mass is 404 g/mol. The van der Waals surface area contributed by atoms with E-state index in [1.165, 1.54) is 0 Å². The molecule has 0 aliphatic heterocycles. The number of aryl methyl sites for hydroxylation is 1. The number of nitrogens with one attached hydrogen (secondary N) is 1. The number of hydrogen-bond donors (Lipinski definition) is 4. The molecule has 0 saturated carbocycles. The highest BCUT2D eigenvalue weighted by Gasteiger charge is 2.31. The van der Waals surface area contributed by atoms with E-state index in [1.807, 2.05) is 26.0 Å². The van der Waals surface area contributed by atoms with E-state index in [2.05, 4.69) is 12.2 Å². The Kier molecular flexibility index (Phi) is 10.6. The standard InChI is InChI=1S/C21H33BN2O5/c1-4-5-6-15-7-9-16(10-8-15)18(25)12-17(13-20(23)26)21(27)24-19(22(28)29)11-14(2)3/h7-10,14,17,19,28-29H,4-6,11-13H2,1-3H3,(H2,23,26)(H,24,27)/t17-,19-/m0/s1. The maximum Gasteiger partial charge on any atom is 0.475 e. The fourth-order valence-corrected chi connectivity index (χ4v) is 3.14. The van der Waals surface area contributed by atoms with Gasteiger partial charge in [0.15, 0.2) is 5.78 Å². The lowest BCUT2D eigenvalue weighted by molar-refractivity contribution is -0.129. The van der Waals surface area contributed by atoms with Gasteiger partial charge >= 0.3 is 7.12 Å². The van der Waals surface area contributed by atoms with E-state index in [0.29, 0.717) is 12.0 Å². The number of hydrogen-bond acceptors (Lipinski definition) is 5. The molecule has 29 heavy (non-hydrogen) atoms. The average Bonchev–Trinajstić information content (AvgIpc) is 2.64. The Morgan fingerprint density at radius 3 is 2.21 bits per heavy atom. The Morgan fingerprint density at radius 2 is 1.72 bits per heavy atom. The molecule has 2 atom stereocenters. The summed E-state index contributed by atoms with van der Waals surface area (Å²) in [7, 11) is -1.73. The molecule has 0 spiro atoms. The lowest BCUT2D eigenvalue weighted by Gasteiger charge is -2.23. The van der Waals surface area contributed by atoms with Crippen LogP contribution in [0.15, 0.2) is 24.3 Å². The summed E-state index contributed by atoms with van der Waals surface area (Å²) in [6.07, 6.45) is 2.98. The van der Waals surface area contributed by atoms with E-state index in [0.717, 1.165) is 24.8 Å². The number of benzene rings is 1. The molecule has 1 rings (SSSR count). The van der Waals surface area contributed by atoms with E-state index >= 15 is 0 Å². The van der Waals surface area contributed by atoms with E-state index in [4.69, 9.17) is 5.73 Å². The van der Waals surface area contributed by atoms with Crippen molar-refractivity contribution in [3.8, 4) is 0 Å². The van der Waals surface area contributed by atoms with E-state index < -0.39 is 30.8 Å². The Balaban J connectivity index is 2.84. The second-order valence-corrected chi connectivity index (χ2v) is 7.95. The number of ketones is 1. The van der Waals surface area contributed by atoms with Crippen LogP contribution in [-0.2, 0) is 16.0 Å². The summed E-state index contributed by atoms with van der Waals surface area (Å²) >= 11 is 0. The van der Waals surface area contributed by atoms with Crippen LogP contribution in [0.2, 0.25) is 0 Å². The summed E-state index contributed by atoms with van der Waals surface area (Å²) in [6.45, 7) is 5.88. The van der Waals surface area contributed by atoms with Crippen molar-refractivity contribution in [2.24, 2.45) is 17.6 Å². The molecule has 0 unspecified atom stereocenters. The summed E-state index contributed by atoms with van der Waals surface area (Å²) in [5, 5.41) is 21.5. The Hall–Kier alpha value is -2.19. The zero-order valence-corrected chi connectivity index (χ0v) is 17.6. The molecular weight excluding hydrogens is 371 g/mol. The summed E-state index contributed by atoms with van der Waals surface area (Å²) in [5.74, 6) is -3.28. The summed E-state index contributed by atoms with van der Waals surface area (Å²) in [4.78, 5) is 36.7. The summed E-state index contributed by atoms with van der Waals surface area (Å²) in [5.41, 5.74) is 6.86. The number of Topliss-reactive ketones (excluding diaryl/α,β-unsaturated/α-hetero) is 1. The van der Waals surface area contributed by atoms with Gasteiger partial charge < -0.3 is 21.1 Å². The molecule has 5 N–H and O–H groups in total. The van der Waals surface area contributed by atoms with Gasteiger partial charge in [-0.2, -0.15) is 0 Å². The molecule has 0 fully saturated rings. The van der Waals surface area contributed by atoms with Gasteiger partial charge in [-0.25, -0.2) is 0 Å². The zero-order valence-electron chi connectivity index (χ0n) is 17.6. The second-order valence-electron chi connectivity index (χ2n) is 7.95. The SMILES string of the molecule is CCCCc1ccc(C(=O)C[C@@H](CC(N)=O)C(=O)N[C@@H](CC(C)C)B(O)O)cc1. The highest BCUT2D eigenvalue weighted by Crippen LogP contribution is 2.17. The Morgan fingerprint density at radius 1 is 1.10 bits per heavy atom. The molecule has 0 heterocycles. The predicted molar refractivity (Wildman–Crippen MR) is 113 cm³/mol. The average molecular weight is 404 g/mol. The molecule has 0 bridgehead atoms. The van der Waals surface area contributed by atoms with Crippen LogP contribution in [0, 0.1) is 11.8 Å². The third kappa shape index (κ3) is 9.24. The van der Waals surface area contributed by atoms with Gasteiger partial charge in [-0.1, -0.05) is 51.5 Å². The van der Waals surface area contributed by atoms with E-state index in [1.54, 1.807) is 12.1 Å². The minimum absolute atomic E-state index is 0.115. The highest BCUT2D eigenvalue weighted by molar-refractivity contribution is 6.43. The zero-order chi connectivity index (χ0) is 22.0. The third-order valence-electron chi connectivity index (χ3n) is 4.76. The van der Waals surface area contributed by atoms with Crippen molar-refractivity contribution in [2.45, 2.75) is 65.2 Å². The molecule has 160 valence electrons. The number of carbonyl (C=O) groups is 3. The molecule has 2 amide bonds. The maximum atomic E-state index is 12.6. The van der Waals surface area contributed by atoms with Crippen LogP contribution in [0.5, 0.6) is 0 Å². The molecule has 0 aliphatic carbocycles. The van der Waals surface area contributed by atoms with Gasteiger partial charge in [-0.15, -0.1) is 0 Å². The highest BCUT2D eigenvalue weighted by atomic mass is 16.4. The molecule has 0 radical (unpaired) electrons. The first-order chi connectivity index (χ1) is 13.6. The van der Waals surface area contributed by atoms with Crippen molar-refractivity contribution in [3.05, 3.63) is 35.4 Å². The molecule has 1 aromatic rings. The van der Waals surface area contributed by atoms with Crippen molar-refractivity contribution < 1.29 is 24.4 Å². The van der Waals surface area contributed by atoms with Crippen LogP contribution in [0.4, 0.5) is 0 Å². The van der Waals surface area contributed by atoms with Crippen molar-refractivity contribution in [1.29, 1.82) is 0 Å². The van der Waals surface area contributed by atoms with Crippen molar-refractivity contribution in [3.63, 3.8) is 0 Å². The van der Waals surface area contributed by atoms with Crippen LogP contribution in [0.25, 0.3) is 0 Å². The van der Waals surface area contributed by atoms with Crippen LogP contribution in [-0.4, -0.2) is 40.7 Å². The van der Waals surface area contributed by atoms with E-state index in [9.17, 15) is 24.4 Å². The Bertz CT molecular complexity index is 676.